The van der Waals surface area contributed by atoms with Gasteiger partial charge in [0.1, 0.15) is 18.2 Å². The van der Waals surface area contributed by atoms with Crippen LogP contribution in [0.3, 0.4) is 0 Å². The molecule has 7 heteroatoms. The zero-order valence-corrected chi connectivity index (χ0v) is 32.4. The minimum absolute atomic E-state index is 0.0877. The minimum Gasteiger partial charge on any atom is -0.462 e. The first kappa shape index (κ1) is 39.4. The maximum absolute atomic E-state index is 12.9. The van der Waals surface area contributed by atoms with Crippen LogP contribution in [0.5, 0.6) is 0 Å². The van der Waals surface area contributed by atoms with Gasteiger partial charge in [-0.25, -0.2) is 0 Å². The number of aliphatic hydroxyl groups is 1. The van der Waals surface area contributed by atoms with Crippen LogP contribution in [0.2, 0.25) is 0 Å². The first-order chi connectivity index (χ1) is 23.1. The predicted molar refractivity (Wildman–Crippen MR) is 201 cm³/mol. The lowest BCUT2D eigenvalue weighted by Gasteiger charge is -2.69. The molecule has 0 aliphatic heterocycles. The van der Waals surface area contributed by atoms with Gasteiger partial charge in [0.25, 0.3) is 0 Å². The zero-order chi connectivity index (χ0) is 36.4. The number of nitrogens with one attached hydrogen (secondary N) is 1. The number of nitrogen functional groups attached to an aromatic ring is 1. The smallest absolute Gasteiger partial charge is 0.307 e. The van der Waals surface area contributed by atoms with Gasteiger partial charge in [-0.05, 0) is 123 Å². The van der Waals surface area contributed by atoms with Crippen LogP contribution < -0.4 is 5.73 Å². The molecule has 6 nitrogen and oxygen atoms in total. The molecule has 4 N–H and O–H groups in total. The van der Waals surface area contributed by atoms with Crippen molar-refractivity contribution in [3.8, 4) is 11.8 Å². The van der Waals surface area contributed by atoms with E-state index in [0.717, 1.165) is 48.5 Å². The van der Waals surface area contributed by atoms with E-state index in [9.17, 15) is 9.59 Å². The van der Waals surface area contributed by atoms with Gasteiger partial charge in [-0.2, -0.15) is 0 Å². The highest BCUT2D eigenvalue weighted by Gasteiger charge is 2.66. The Bertz CT molecular complexity index is 1440. The number of hydrogen-bond acceptors (Lipinski definition) is 6. The van der Waals surface area contributed by atoms with Gasteiger partial charge < -0.3 is 20.4 Å². The second-order valence-corrected chi connectivity index (χ2v) is 18.5. The molecule has 49 heavy (non-hydrogen) atoms. The Morgan fingerprint density at radius 2 is 1.71 bits per heavy atom. The Morgan fingerprint density at radius 3 is 2.37 bits per heavy atom. The van der Waals surface area contributed by atoms with E-state index < -0.39 is 5.41 Å². The van der Waals surface area contributed by atoms with Crippen LogP contribution in [-0.4, -0.2) is 36.4 Å². The van der Waals surface area contributed by atoms with Crippen molar-refractivity contribution in [1.82, 2.24) is 0 Å². The maximum Gasteiger partial charge on any atom is 0.307 e. The molecule has 0 amide bonds. The number of allylic oxidation sites excluding steroid dienone is 1. The highest BCUT2D eigenvalue weighted by molar-refractivity contribution is 7.12. The number of amidine groups is 1. The molecule has 272 valence electrons. The number of fused-ring (bicyclic) bond motifs is 7. The summed E-state index contributed by atoms with van der Waals surface area (Å²) in [5, 5.41) is 17.0. The van der Waals surface area contributed by atoms with Crippen molar-refractivity contribution in [2.45, 2.75) is 132 Å². The van der Waals surface area contributed by atoms with Gasteiger partial charge in [-0.3, -0.25) is 10.2 Å². The summed E-state index contributed by atoms with van der Waals surface area (Å²) in [5.41, 5.74) is 6.73. The van der Waals surface area contributed by atoms with Crippen LogP contribution in [-0.2, 0) is 14.3 Å². The van der Waals surface area contributed by atoms with Crippen molar-refractivity contribution < 1.29 is 19.4 Å². The lowest BCUT2D eigenvalue weighted by atomic mass is 9.36. The van der Waals surface area contributed by atoms with Crippen molar-refractivity contribution in [2.75, 3.05) is 7.11 Å². The summed E-state index contributed by atoms with van der Waals surface area (Å²) in [7, 11) is 1.00. The number of aldehydes is 1. The van der Waals surface area contributed by atoms with Gasteiger partial charge in [0.15, 0.2) is 0 Å². The first-order valence-corrected chi connectivity index (χ1v) is 19.6. The van der Waals surface area contributed by atoms with Crippen molar-refractivity contribution in [2.24, 2.45) is 62.4 Å². The molecule has 6 rings (SSSR count). The van der Waals surface area contributed by atoms with Crippen LogP contribution in [0.1, 0.15) is 136 Å². The van der Waals surface area contributed by atoms with E-state index in [1.807, 2.05) is 32.2 Å². The Balaban J connectivity index is 0.00000103. The number of thiophene rings is 1. The predicted octanol–water partition coefficient (Wildman–Crippen LogP) is 9.18. The quantitative estimate of drug-likeness (QED) is 0.0711. The Morgan fingerprint density at radius 1 is 1.04 bits per heavy atom. The topological polar surface area (TPSA) is 113 Å². The van der Waals surface area contributed by atoms with Gasteiger partial charge in [0, 0.05) is 28.9 Å². The fourth-order valence-corrected chi connectivity index (χ4v) is 12.8. The second kappa shape index (κ2) is 15.0. The fourth-order valence-electron chi connectivity index (χ4n) is 12.0. The fraction of sp³-hybridized carbons (Fsp3) is 0.738. The Kier molecular flexibility index (Phi) is 12.1. The van der Waals surface area contributed by atoms with Crippen LogP contribution in [0.4, 0.5) is 0 Å². The number of aliphatic hydroxyl groups excluding tert-OH is 1. The molecule has 0 spiro atoms. The number of ether oxygens (including phenoxy) is 1. The normalized spacial score (nSPS) is 36.9. The molecule has 5 saturated carbocycles. The van der Waals surface area contributed by atoms with Crippen LogP contribution >= 0.6 is 11.3 Å². The molecule has 5 aliphatic carbocycles. The van der Waals surface area contributed by atoms with E-state index >= 15 is 0 Å². The third-order valence-electron chi connectivity index (χ3n) is 14.0. The molecule has 5 aliphatic rings. The van der Waals surface area contributed by atoms with E-state index in [1.54, 1.807) is 6.08 Å². The van der Waals surface area contributed by atoms with Gasteiger partial charge in [-0.15, -0.1) is 17.9 Å². The average Bonchev–Trinajstić information content (AvgIpc) is 3.70. The van der Waals surface area contributed by atoms with Crippen LogP contribution in [0.25, 0.3) is 0 Å². The van der Waals surface area contributed by atoms with Crippen molar-refractivity contribution >= 4 is 29.4 Å². The number of esters is 1. The summed E-state index contributed by atoms with van der Waals surface area (Å²) in [6, 6.07) is 2.04. The highest BCUT2D eigenvalue weighted by Crippen LogP contribution is 2.73. The summed E-state index contributed by atoms with van der Waals surface area (Å²) in [5.74, 6) is 10.7. The molecule has 0 bridgehead atoms. The third-order valence-corrected chi connectivity index (χ3v) is 14.9. The number of hydrogen-bond donors (Lipinski definition) is 3. The SMILES string of the molecule is C=CC.CC(C)(C=O)CC(=O)OC1CCC2(C)C(CCC3(C)C4CCC5(C#Cc6ccsc6C(=N)N)CCCC5C4CCC32)C1(C)C.CO. The standard InChI is InChI=1S/C38H54N2O3S.C3H6.CH4O/c1-34(2,23-41)22-31(42)43-30-14-18-37(6)28(35(30,3)4)13-17-36(5)26-12-20-38(19-11-24-15-21-44-32(24)33(39)40)16-7-8-27(38)25(26)9-10-29(36)37;1-3-2;1-2/h15,21,23,25-30H,7-10,12-14,16-18,20,22H2,1-6H3,(H3,39,40);3H,1H2,2H3;2H,1H3. The van der Waals surface area contributed by atoms with E-state index in [-0.39, 0.29) is 40.6 Å². The van der Waals surface area contributed by atoms with E-state index in [0.29, 0.717) is 23.2 Å². The summed E-state index contributed by atoms with van der Waals surface area (Å²) in [6.07, 6.45) is 16.1. The Hall–Kier alpha value is -2.43. The molecule has 0 radical (unpaired) electrons. The molecule has 1 heterocycles. The van der Waals surface area contributed by atoms with E-state index in [2.05, 4.69) is 46.1 Å². The highest BCUT2D eigenvalue weighted by atomic mass is 32.1. The average molecular weight is 693 g/mol. The monoisotopic (exact) mass is 692 g/mol. The largest absolute Gasteiger partial charge is 0.462 e. The lowest BCUT2D eigenvalue weighted by molar-refractivity contribution is -0.220. The maximum atomic E-state index is 12.9. The van der Waals surface area contributed by atoms with Crippen molar-refractivity contribution in [3.63, 3.8) is 0 Å². The number of carbonyl (C=O) groups is 2. The van der Waals surface area contributed by atoms with Crippen molar-refractivity contribution in [3.05, 3.63) is 34.5 Å². The van der Waals surface area contributed by atoms with Gasteiger partial charge >= 0.3 is 5.97 Å². The van der Waals surface area contributed by atoms with Gasteiger partial charge in [0.05, 0.1) is 11.3 Å². The molecular weight excluding hydrogens is 629 g/mol. The summed E-state index contributed by atoms with van der Waals surface area (Å²) in [6.45, 7) is 18.8. The van der Waals surface area contributed by atoms with Crippen molar-refractivity contribution in [1.29, 1.82) is 5.41 Å². The number of nitrogens with two attached hydrogens (primary N) is 1. The van der Waals surface area contributed by atoms with Crippen LogP contribution in [0, 0.1) is 73.9 Å². The molecule has 0 saturated heterocycles. The van der Waals surface area contributed by atoms with Gasteiger partial charge in [-0.1, -0.05) is 65.9 Å². The molecule has 1 aromatic heterocycles. The molecule has 0 aromatic carbocycles. The molecule has 1 aromatic rings. The summed E-state index contributed by atoms with van der Waals surface area (Å²) in [4.78, 5) is 25.2. The summed E-state index contributed by atoms with van der Waals surface area (Å²) >= 11 is 1.52. The van der Waals surface area contributed by atoms with E-state index in [4.69, 9.17) is 21.0 Å². The molecular formula is C42H64N2O4S. The van der Waals surface area contributed by atoms with Gasteiger partial charge in [0.2, 0.25) is 0 Å². The lowest BCUT2D eigenvalue weighted by Crippen LogP contribution is -2.63. The third kappa shape index (κ3) is 7.21. The minimum atomic E-state index is -0.681. The van der Waals surface area contributed by atoms with E-state index in [1.165, 1.54) is 69.1 Å². The first-order valence-electron chi connectivity index (χ1n) is 18.7. The number of rotatable bonds is 5. The second-order valence-electron chi connectivity index (χ2n) is 17.6. The molecule has 9 atom stereocenters. The number of carbonyl (C=O) groups excluding carboxylic acids is 2. The molecule has 9 unspecified atom stereocenters. The summed E-state index contributed by atoms with van der Waals surface area (Å²) < 4.78 is 6.19. The Labute approximate surface area is 300 Å². The molecule has 5 fully saturated rings. The van der Waals surface area contributed by atoms with Crippen LogP contribution in [0.15, 0.2) is 24.1 Å². The zero-order valence-electron chi connectivity index (χ0n) is 31.6.